The number of benzene rings is 9. The standard InChI is InChI=1S/C82H58O53/c83-28-1-18(2-29(84)50(28)97)69(109)122-16-42-62(127-70(110)19-3-30(85)51(98)31(86)4-19)65(129-71(111)20-5-32(87)52(99)33(88)6-20)67(79(125-42)133-72(112)21-7-34(89)53(100)35(90)8-21)132-78(118)27-14-41(58(105)61(108)49(27)96)124-40-13-25-46(60(107)57(40)104)45-23(11-38(93)55(102)59(45)106)74(114)123-17-43-63-66(130-76(25)116)68(80(126-43)134-73(113)22-9-36(91)54(101)37(92)10-22)131-75(115)24-12-39(94)56(103)64-47(24)48-26(77(117)128-63)15-44(95)81(119,120)82(48,121)135-64/h1-15,42-43,48,62-63,65-68,79-80,83-94,96-108,119-121H,16-17H2/t42-,43-,48+,62-,63-,65+,66+,67-,68-,79+,80+,82-/m1/s1. The van der Waals surface area contributed by atoms with Gasteiger partial charge >= 0.3 is 59.7 Å². The molecule has 0 unspecified atom stereocenters. The van der Waals surface area contributed by atoms with Crippen LogP contribution in [0.5, 0.6) is 161 Å². The lowest BCUT2D eigenvalue weighted by Gasteiger charge is -2.44. The van der Waals surface area contributed by atoms with Crippen molar-refractivity contribution >= 4 is 65.5 Å². The van der Waals surface area contributed by atoms with E-state index in [0.717, 1.165) is 0 Å². The van der Waals surface area contributed by atoms with Crippen molar-refractivity contribution in [2.24, 2.45) is 0 Å². The molecule has 704 valence electrons. The average molecular weight is 1890 g/mol. The summed E-state index contributed by atoms with van der Waals surface area (Å²) >= 11 is 0. The summed E-state index contributed by atoms with van der Waals surface area (Å²) in [5.74, 6) is -74.3. The molecule has 9 aromatic rings. The summed E-state index contributed by atoms with van der Waals surface area (Å²) in [5, 5.41) is 307. The zero-order valence-corrected chi connectivity index (χ0v) is 66.2. The molecule has 0 amide bonds. The predicted octanol–water partition coefficient (Wildman–Crippen LogP) is 0.985. The van der Waals surface area contributed by atoms with Gasteiger partial charge in [-0.3, -0.25) is 4.79 Å². The zero-order valence-electron chi connectivity index (χ0n) is 66.2. The molecular formula is C82H58O53. The number of hydrogen-bond donors (Lipinski definition) is 28. The topological polar surface area (TPSA) is 883 Å². The van der Waals surface area contributed by atoms with Gasteiger partial charge in [-0.2, -0.15) is 0 Å². The number of carbonyl (C=O) groups is 11. The number of rotatable bonds is 15. The number of esters is 10. The molecule has 1 aliphatic carbocycles. The van der Waals surface area contributed by atoms with Crippen molar-refractivity contribution in [2.75, 3.05) is 13.2 Å². The molecule has 6 aliphatic rings. The molecule has 0 saturated carbocycles. The number of hydrogen-bond acceptors (Lipinski definition) is 53. The predicted molar refractivity (Wildman–Crippen MR) is 412 cm³/mol. The number of ether oxygens (including phenoxy) is 14. The minimum absolute atomic E-state index is 0.0430. The van der Waals surface area contributed by atoms with Crippen molar-refractivity contribution in [1.82, 2.24) is 0 Å². The van der Waals surface area contributed by atoms with Crippen molar-refractivity contribution in [3.8, 4) is 172 Å². The van der Waals surface area contributed by atoms with E-state index in [1.54, 1.807) is 0 Å². The highest BCUT2D eigenvalue weighted by Gasteiger charge is 2.71. The molecule has 0 aromatic heterocycles. The monoisotopic (exact) mass is 1890 g/mol. The molecule has 15 rings (SSSR count). The highest BCUT2D eigenvalue weighted by atomic mass is 16.8. The largest absolute Gasteiger partial charge is 0.504 e. The SMILES string of the molecule is O=C1O[C@H]2[C@@H]3OC(=O)c4cc(Oc5cc(C(=O)O[C@H]6[C@H](OC(=O)c7cc(O)c(O)c(O)c7)O[C@H](COC(=O)c7cc(O)c(O)c(O)c7)[C@@H](OC(=O)c7cc(O)c(O)c(O)c7)[C@@H]6OC(=O)c6cc(O)c(O)c(O)c6)c(O)c(O)c5O)c(O)c(O)c4-c4c(cc(O)c(O)c4O)C(=O)OC[C@H]2O[C@@H](OC(=O)c2cc(O)c(O)c(O)c2)[C@@H]3OC(=O)c2cc(O)c(O)c3c2[C@@H]2C1=CC(=O)C(O)(O)[C@]2(O)O3. The number of fused-ring (bicyclic) bond motifs is 3. The molecule has 4 bridgehead atoms. The van der Waals surface area contributed by atoms with E-state index in [1.165, 1.54) is 0 Å². The Balaban J connectivity index is 0.881. The van der Waals surface area contributed by atoms with E-state index >= 15 is 19.2 Å². The highest BCUT2D eigenvalue weighted by molar-refractivity contribution is 6.10. The molecule has 2 saturated heterocycles. The minimum Gasteiger partial charge on any atom is -0.504 e. The number of aliphatic hydroxyl groups is 3. The summed E-state index contributed by atoms with van der Waals surface area (Å²) < 4.78 is 79.7. The fraction of sp³-hybridized carbons (Fsp3) is 0.183. The molecule has 9 aromatic carbocycles. The van der Waals surface area contributed by atoms with Gasteiger partial charge in [0.15, 0.2) is 157 Å². The maximum Gasteiger partial charge on any atom is 0.342 e. The van der Waals surface area contributed by atoms with Gasteiger partial charge in [-0.1, -0.05) is 0 Å². The molecule has 5 aliphatic heterocycles. The number of aromatic hydroxyl groups is 25. The second-order valence-electron chi connectivity index (χ2n) is 29.6. The third-order valence-electron chi connectivity index (χ3n) is 21.3. The van der Waals surface area contributed by atoms with Crippen molar-refractivity contribution < 1.29 is 262 Å². The second-order valence-corrected chi connectivity index (χ2v) is 29.6. The molecule has 0 spiro atoms. The molecule has 2 fully saturated rings. The number of carbonyl (C=O) groups excluding carboxylic acids is 11. The summed E-state index contributed by atoms with van der Waals surface area (Å²) in [6.07, 6.45) is -28.7. The summed E-state index contributed by atoms with van der Waals surface area (Å²) in [7, 11) is 0. The van der Waals surface area contributed by atoms with Crippen LogP contribution in [0.2, 0.25) is 0 Å². The summed E-state index contributed by atoms with van der Waals surface area (Å²) in [6, 6.07) is 4.72. The third kappa shape index (κ3) is 15.5. The van der Waals surface area contributed by atoms with E-state index < -0.39 is 391 Å². The van der Waals surface area contributed by atoms with E-state index in [1.807, 2.05) is 0 Å². The van der Waals surface area contributed by atoms with Crippen LogP contribution in [0.4, 0.5) is 0 Å². The number of phenols is 25. The van der Waals surface area contributed by atoms with Gasteiger partial charge in [0.25, 0.3) is 11.6 Å². The van der Waals surface area contributed by atoms with Crippen LogP contribution in [0.3, 0.4) is 0 Å². The lowest BCUT2D eigenvalue weighted by molar-refractivity contribution is -0.323. The van der Waals surface area contributed by atoms with E-state index in [0.29, 0.717) is 60.7 Å². The molecule has 5 heterocycles. The van der Waals surface area contributed by atoms with Crippen LogP contribution in [-0.2, 0) is 66.4 Å². The molecule has 53 heteroatoms. The van der Waals surface area contributed by atoms with Crippen molar-refractivity contribution in [3.63, 3.8) is 0 Å². The van der Waals surface area contributed by atoms with Gasteiger partial charge in [-0.15, -0.1) is 0 Å². The van der Waals surface area contributed by atoms with Crippen LogP contribution in [0.15, 0.2) is 96.6 Å². The smallest absolute Gasteiger partial charge is 0.342 e. The van der Waals surface area contributed by atoms with Crippen LogP contribution in [0.1, 0.15) is 105 Å². The van der Waals surface area contributed by atoms with E-state index in [-0.39, 0.29) is 30.3 Å². The molecule has 53 nitrogen and oxygen atoms in total. The average Bonchev–Trinajstić information content (AvgIpc) is 1.53. The first-order valence-corrected chi connectivity index (χ1v) is 37.5. The normalized spacial score (nSPS) is 21.8. The van der Waals surface area contributed by atoms with E-state index in [9.17, 15) is 177 Å². The van der Waals surface area contributed by atoms with Crippen molar-refractivity contribution in [3.05, 3.63) is 152 Å². The lowest BCUT2D eigenvalue weighted by atomic mass is 9.74. The fourth-order valence-corrected chi connectivity index (χ4v) is 14.7. The lowest BCUT2D eigenvalue weighted by Crippen LogP contribution is -2.66. The summed E-state index contributed by atoms with van der Waals surface area (Å²) in [6.45, 7) is -3.13. The van der Waals surface area contributed by atoms with Gasteiger partial charge in [0.2, 0.25) is 59.3 Å². The summed E-state index contributed by atoms with van der Waals surface area (Å²) in [4.78, 5) is 162. The zero-order chi connectivity index (χ0) is 98.3. The Bertz CT molecular complexity index is 6630. The van der Waals surface area contributed by atoms with Gasteiger partial charge < -0.3 is 209 Å². The van der Waals surface area contributed by atoms with Crippen LogP contribution < -0.4 is 9.47 Å². The van der Waals surface area contributed by atoms with Crippen molar-refractivity contribution in [2.45, 2.75) is 78.9 Å². The van der Waals surface area contributed by atoms with E-state index in [4.69, 9.17) is 66.3 Å². The first-order chi connectivity index (χ1) is 63.4. The minimum atomic E-state index is -4.24. The Labute approximate surface area is 741 Å². The first-order valence-electron chi connectivity index (χ1n) is 37.5. The Hall–Kier alpha value is -18.5. The highest BCUT2D eigenvalue weighted by Crippen LogP contribution is 2.62. The number of cyclic esters (lactones) is 1. The van der Waals surface area contributed by atoms with Crippen LogP contribution >= 0.6 is 0 Å². The molecule has 0 radical (unpaired) electrons. The van der Waals surface area contributed by atoms with Gasteiger partial charge in [-0.05, 0) is 78.9 Å². The Kier molecular flexibility index (Phi) is 22.4. The van der Waals surface area contributed by atoms with Crippen molar-refractivity contribution in [1.29, 1.82) is 0 Å². The Morgan fingerprint density at radius 1 is 0.348 bits per heavy atom. The molecule has 28 N–H and O–H groups in total. The van der Waals surface area contributed by atoms with Crippen LogP contribution in [-0.4, -0.2) is 295 Å². The van der Waals surface area contributed by atoms with Gasteiger partial charge in [0.05, 0.1) is 56.0 Å². The number of ketones is 1. The van der Waals surface area contributed by atoms with Gasteiger partial charge in [0.1, 0.15) is 31.0 Å². The third-order valence-corrected chi connectivity index (χ3v) is 21.3. The fourth-order valence-electron chi connectivity index (χ4n) is 14.7. The Morgan fingerprint density at radius 3 is 1.24 bits per heavy atom. The molecule has 135 heavy (non-hydrogen) atoms. The second kappa shape index (κ2) is 33.2. The Morgan fingerprint density at radius 2 is 0.741 bits per heavy atom. The van der Waals surface area contributed by atoms with Crippen LogP contribution in [0.25, 0.3) is 11.1 Å². The maximum atomic E-state index is 16.0. The number of phenolic OH excluding ortho intramolecular Hbond substituents is 25. The van der Waals surface area contributed by atoms with Gasteiger partial charge in [-0.25, -0.2) is 47.9 Å². The molecular weight excluding hydrogens is 1830 g/mol. The molecule has 12 atom stereocenters. The quantitative estimate of drug-likeness (QED) is 0.0294. The van der Waals surface area contributed by atoms with Gasteiger partial charge in [0, 0.05) is 28.8 Å². The summed E-state index contributed by atoms with van der Waals surface area (Å²) in [5.41, 5.74) is -16.4. The maximum absolute atomic E-state index is 16.0. The van der Waals surface area contributed by atoms with Crippen LogP contribution in [0, 0.1) is 0 Å². The van der Waals surface area contributed by atoms with E-state index in [2.05, 4.69) is 0 Å². The first kappa shape index (κ1) is 91.2.